The van der Waals surface area contributed by atoms with Crippen LogP contribution in [0.5, 0.6) is 11.5 Å². The van der Waals surface area contributed by atoms with Crippen molar-refractivity contribution in [2.75, 3.05) is 39.1 Å². The zero-order chi connectivity index (χ0) is 15.9. The number of aliphatic imine (C=N–C) groups is 1. The van der Waals surface area contributed by atoms with Crippen molar-refractivity contribution in [3.8, 4) is 11.5 Å². The van der Waals surface area contributed by atoms with Crippen molar-refractivity contribution in [2.45, 2.75) is 24.5 Å². The monoisotopic (exact) mass is 335 g/mol. The zero-order valence-corrected chi connectivity index (χ0v) is 14.5. The summed E-state index contributed by atoms with van der Waals surface area (Å²) in [7, 11) is 1.82. The Bertz CT molecular complexity index is 545. The molecule has 1 aromatic carbocycles. The van der Waals surface area contributed by atoms with Gasteiger partial charge in [-0.2, -0.15) is 11.8 Å². The van der Waals surface area contributed by atoms with E-state index < -0.39 is 0 Å². The van der Waals surface area contributed by atoms with Crippen LogP contribution in [0.2, 0.25) is 0 Å². The Hall–Kier alpha value is -1.56. The summed E-state index contributed by atoms with van der Waals surface area (Å²) in [6.07, 6.45) is 3.58. The van der Waals surface area contributed by atoms with Crippen LogP contribution in [0.3, 0.4) is 0 Å². The van der Waals surface area contributed by atoms with Crippen molar-refractivity contribution in [1.82, 2.24) is 10.6 Å². The fourth-order valence-electron chi connectivity index (χ4n) is 2.80. The smallest absolute Gasteiger partial charge is 0.191 e. The minimum absolute atomic E-state index is 0.629. The van der Waals surface area contributed by atoms with Crippen molar-refractivity contribution in [2.24, 2.45) is 4.99 Å². The molecule has 0 radical (unpaired) electrons. The molecule has 1 aromatic rings. The first kappa shape index (κ1) is 16.3. The first-order valence-corrected chi connectivity index (χ1v) is 9.34. The standard InChI is InChI=1S/C17H25N3O2S/c1-18-17(20-12-14-3-2-10-23-14)19-7-6-13-4-5-15-16(11-13)22-9-8-21-15/h4-5,11,14H,2-3,6-10,12H2,1H3,(H2,18,19,20). The highest BCUT2D eigenvalue weighted by atomic mass is 32.2. The molecule has 0 aliphatic carbocycles. The molecule has 6 heteroatoms. The zero-order valence-electron chi connectivity index (χ0n) is 13.6. The van der Waals surface area contributed by atoms with E-state index in [2.05, 4.69) is 39.5 Å². The van der Waals surface area contributed by atoms with Crippen LogP contribution in [0.1, 0.15) is 18.4 Å². The SMILES string of the molecule is CN=C(NCCc1ccc2c(c1)OCCO2)NCC1CCCS1. The van der Waals surface area contributed by atoms with E-state index in [9.17, 15) is 0 Å². The largest absolute Gasteiger partial charge is 0.486 e. The number of nitrogens with zero attached hydrogens (tertiary/aromatic N) is 1. The molecule has 0 spiro atoms. The first-order valence-electron chi connectivity index (χ1n) is 8.30. The van der Waals surface area contributed by atoms with Gasteiger partial charge >= 0.3 is 0 Å². The summed E-state index contributed by atoms with van der Waals surface area (Å²) in [5, 5.41) is 7.53. The van der Waals surface area contributed by atoms with Crippen LogP contribution >= 0.6 is 11.8 Å². The molecule has 5 nitrogen and oxygen atoms in total. The molecule has 0 saturated carbocycles. The second-order valence-corrected chi connectivity index (χ2v) is 7.15. The molecule has 23 heavy (non-hydrogen) atoms. The average Bonchev–Trinajstić information content (AvgIpc) is 3.11. The minimum atomic E-state index is 0.629. The lowest BCUT2D eigenvalue weighted by atomic mass is 10.1. The van der Waals surface area contributed by atoms with Crippen molar-refractivity contribution < 1.29 is 9.47 Å². The van der Waals surface area contributed by atoms with Gasteiger partial charge in [0.15, 0.2) is 17.5 Å². The van der Waals surface area contributed by atoms with E-state index in [1.54, 1.807) is 0 Å². The van der Waals surface area contributed by atoms with Gasteiger partial charge in [0.05, 0.1) is 0 Å². The molecule has 2 heterocycles. The van der Waals surface area contributed by atoms with Crippen molar-refractivity contribution in [3.05, 3.63) is 23.8 Å². The van der Waals surface area contributed by atoms with Crippen molar-refractivity contribution in [3.63, 3.8) is 0 Å². The summed E-state index contributed by atoms with van der Waals surface area (Å²) in [4.78, 5) is 4.29. The topological polar surface area (TPSA) is 54.9 Å². The molecular formula is C17H25N3O2S. The minimum Gasteiger partial charge on any atom is -0.486 e. The molecule has 1 fully saturated rings. The van der Waals surface area contributed by atoms with Gasteiger partial charge in [0.1, 0.15) is 13.2 Å². The number of hydrogen-bond donors (Lipinski definition) is 2. The number of guanidine groups is 1. The fourth-order valence-corrected chi connectivity index (χ4v) is 4.01. The van der Waals surface area contributed by atoms with Gasteiger partial charge in [-0.15, -0.1) is 0 Å². The van der Waals surface area contributed by atoms with Crippen LogP contribution in [-0.2, 0) is 6.42 Å². The summed E-state index contributed by atoms with van der Waals surface area (Å²) in [6.45, 7) is 3.10. The summed E-state index contributed by atoms with van der Waals surface area (Å²) >= 11 is 2.06. The number of fused-ring (bicyclic) bond motifs is 1. The van der Waals surface area contributed by atoms with Crippen molar-refractivity contribution >= 4 is 17.7 Å². The second kappa shape index (κ2) is 8.34. The highest BCUT2D eigenvalue weighted by Gasteiger charge is 2.15. The number of hydrogen-bond acceptors (Lipinski definition) is 4. The van der Waals surface area contributed by atoms with E-state index in [-0.39, 0.29) is 0 Å². The van der Waals surface area contributed by atoms with Gasteiger partial charge in [0.2, 0.25) is 0 Å². The van der Waals surface area contributed by atoms with Gasteiger partial charge in [-0.05, 0) is 42.7 Å². The molecule has 0 aromatic heterocycles. The Kier molecular flexibility index (Phi) is 5.91. The lowest BCUT2D eigenvalue weighted by molar-refractivity contribution is 0.171. The Morgan fingerprint density at radius 3 is 2.91 bits per heavy atom. The predicted octanol–water partition coefficient (Wildman–Crippen LogP) is 2.06. The van der Waals surface area contributed by atoms with Gasteiger partial charge in [0.25, 0.3) is 0 Å². The number of benzene rings is 1. The molecule has 2 N–H and O–H groups in total. The fraction of sp³-hybridized carbons (Fsp3) is 0.588. The van der Waals surface area contributed by atoms with E-state index in [0.717, 1.165) is 42.2 Å². The quantitative estimate of drug-likeness (QED) is 0.637. The molecular weight excluding hydrogens is 310 g/mol. The van der Waals surface area contributed by atoms with Gasteiger partial charge in [-0.25, -0.2) is 0 Å². The molecule has 0 bridgehead atoms. The summed E-state index contributed by atoms with van der Waals surface area (Å²) < 4.78 is 11.2. The number of rotatable bonds is 5. The summed E-state index contributed by atoms with van der Waals surface area (Å²) in [5.74, 6) is 3.88. The maximum Gasteiger partial charge on any atom is 0.191 e. The number of ether oxygens (including phenoxy) is 2. The van der Waals surface area contributed by atoms with E-state index in [0.29, 0.717) is 13.2 Å². The molecule has 126 valence electrons. The van der Waals surface area contributed by atoms with Crippen molar-refractivity contribution in [1.29, 1.82) is 0 Å². The van der Waals surface area contributed by atoms with E-state index >= 15 is 0 Å². The van der Waals surface area contributed by atoms with E-state index in [1.807, 2.05) is 13.1 Å². The maximum atomic E-state index is 5.62. The van der Waals surface area contributed by atoms with Crippen LogP contribution < -0.4 is 20.1 Å². The number of thioether (sulfide) groups is 1. The molecule has 3 rings (SSSR count). The van der Waals surface area contributed by atoms with Crippen LogP contribution in [0, 0.1) is 0 Å². The lowest BCUT2D eigenvalue weighted by Crippen LogP contribution is -2.40. The third-order valence-corrected chi connectivity index (χ3v) is 5.46. The average molecular weight is 335 g/mol. The summed E-state index contributed by atoms with van der Waals surface area (Å²) in [5.41, 5.74) is 1.24. The molecule has 2 aliphatic rings. The van der Waals surface area contributed by atoms with Crippen LogP contribution in [0.15, 0.2) is 23.2 Å². The molecule has 2 aliphatic heterocycles. The predicted molar refractivity (Wildman–Crippen MR) is 96.0 cm³/mol. The Morgan fingerprint density at radius 1 is 1.26 bits per heavy atom. The van der Waals surface area contributed by atoms with Crippen LogP contribution in [0.25, 0.3) is 0 Å². The molecule has 1 atom stereocenters. The molecule has 1 unspecified atom stereocenters. The van der Waals surface area contributed by atoms with E-state index in [4.69, 9.17) is 9.47 Å². The Morgan fingerprint density at radius 2 is 2.13 bits per heavy atom. The molecule has 1 saturated heterocycles. The van der Waals surface area contributed by atoms with Gasteiger partial charge in [0, 0.05) is 25.4 Å². The Labute approximate surface area is 142 Å². The van der Waals surface area contributed by atoms with Crippen LogP contribution in [0.4, 0.5) is 0 Å². The highest BCUT2D eigenvalue weighted by Crippen LogP contribution is 2.30. The summed E-state index contributed by atoms with van der Waals surface area (Å²) in [6, 6.07) is 6.16. The third-order valence-electron chi connectivity index (χ3n) is 4.06. The van der Waals surface area contributed by atoms with Gasteiger partial charge in [-0.3, -0.25) is 4.99 Å². The number of nitrogens with one attached hydrogen (secondary N) is 2. The molecule has 0 amide bonds. The van der Waals surface area contributed by atoms with Crippen LogP contribution in [-0.4, -0.2) is 50.3 Å². The van der Waals surface area contributed by atoms with Gasteiger partial charge in [-0.1, -0.05) is 6.07 Å². The Balaban J connectivity index is 1.42. The third kappa shape index (κ3) is 4.70. The highest BCUT2D eigenvalue weighted by molar-refractivity contribution is 8.00. The van der Waals surface area contributed by atoms with E-state index in [1.165, 1.54) is 24.2 Å². The second-order valence-electron chi connectivity index (χ2n) is 5.74. The normalized spacial score (nSPS) is 20.4. The van der Waals surface area contributed by atoms with Gasteiger partial charge < -0.3 is 20.1 Å². The first-order chi connectivity index (χ1) is 11.3. The lowest BCUT2D eigenvalue weighted by Gasteiger charge is -2.19. The maximum absolute atomic E-state index is 5.62.